The van der Waals surface area contributed by atoms with Gasteiger partial charge in [-0.15, -0.1) is 0 Å². The number of primary amides is 1. The van der Waals surface area contributed by atoms with Crippen LogP contribution in [0.4, 0.5) is 30.2 Å². The highest BCUT2D eigenvalue weighted by Crippen LogP contribution is 2.36. The summed E-state index contributed by atoms with van der Waals surface area (Å²) in [6, 6.07) is 13.6. The van der Waals surface area contributed by atoms with Gasteiger partial charge in [-0.05, 0) is 61.2 Å². The van der Waals surface area contributed by atoms with Gasteiger partial charge in [-0.2, -0.15) is 13.2 Å². The second-order valence-corrected chi connectivity index (χ2v) is 9.20. The summed E-state index contributed by atoms with van der Waals surface area (Å²) in [5.41, 5.74) is 10.0. The van der Waals surface area contributed by atoms with Crippen LogP contribution in [-0.2, 0) is 16.1 Å². The minimum absolute atomic E-state index is 0.0654. The molecule has 34 heavy (non-hydrogen) atoms. The number of hydrogen-bond donors (Lipinski definition) is 2. The molecular weight excluding hydrogens is 445 g/mol. The van der Waals surface area contributed by atoms with Crippen LogP contribution in [-0.4, -0.2) is 42.5 Å². The number of nitrogens with one attached hydrogen (secondary N) is 1. The lowest BCUT2D eigenvalue weighted by Gasteiger charge is -2.34. The zero-order valence-corrected chi connectivity index (χ0v) is 19.1. The molecule has 9 heteroatoms. The molecule has 2 amide bonds. The Morgan fingerprint density at radius 3 is 2.35 bits per heavy atom. The summed E-state index contributed by atoms with van der Waals surface area (Å²) in [6.07, 6.45) is -3.69. The average molecular weight is 475 g/mol. The number of nitrogens with zero attached hydrogens (tertiary/aromatic N) is 2. The number of hydrogen-bond acceptors (Lipinski definition) is 4. The number of nitrogens with two attached hydrogens (primary N) is 1. The first-order valence-corrected chi connectivity index (χ1v) is 11.5. The van der Waals surface area contributed by atoms with Crippen molar-refractivity contribution < 1.29 is 22.8 Å². The second-order valence-electron chi connectivity index (χ2n) is 9.20. The Bertz CT molecular complexity index is 1050. The van der Waals surface area contributed by atoms with Crippen LogP contribution < -0.4 is 16.0 Å². The number of carbonyl (C=O) groups is 2. The van der Waals surface area contributed by atoms with Crippen LogP contribution in [0, 0.1) is 18.8 Å². The van der Waals surface area contributed by atoms with E-state index >= 15 is 0 Å². The van der Waals surface area contributed by atoms with Gasteiger partial charge in [0.2, 0.25) is 11.8 Å². The van der Waals surface area contributed by atoms with E-state index < -0.39 is 23.9 Å². The summed E-state index contributed by atoms with van der Waals surface area (Å²) in [4.78, 5) is 27.1. The Morgan fingerprint density at radius 2 is 1.79 bits per heavy atom. The van der Waals surface area contributed by atoms with Crippen molar-refractivity contribution in [3.05, 3.63) is 53.6 Å². The van der Waals surface area contributed by atoms with Crippen molar-refractivity contribution in [2.75, 3.05) is 29.9 Å². The number of amides is 2. The van der Waals surface area contributed by atoms with Crippen molar-refractivity contribution in [2.24, 2.45) is 17.6 Å². The maximum atomic E-state index is 12.9. The SMILES string of the molecule is Cc1cc(N2CCC(C(F)(F)F)CC2)ccc1Nc1ccc(CN2CC(C(N)=O)CC2=O)cc1. The van der Waals surface area contributed by atoms with E-state index in [1.165, 1.54) is 0 Å². The third kappa shape index (κ3) is 5.46. The molecule has 0 aliphatic carbocycles. The zero-order valence-electron chi connectivity index (χ0n) is 19.1. The van der Waals surface area contributed by atoms with E-state index in [4.69, 9.17) is 5.73 Å². The largest absolute Gasteiger partial charge is 0.391 e. The summed E-state index contributed by atoms with van der Waals surface area (Å²) < 4.78 is 38.8. The molecule has 0 spiro atoms. The van der Waals surface area contributed by atoms with Crippen LogP contribution in [0.2, 0.25) is 0 Å². The molecule has 3 N–H and O–H groups in total. The van der Waals surface area contributed by atoms with Crippen LogP contribution in [0.25, 0.3) is 0 Å². The van der Waals surface area contributed by atoms with E-state index in [0.29, 0.717) is 26.2 Å². The monoisotopic (exact) mass is 474 g/mol. The van der Waals surface area contributed by atoms with Gasteiger partial charge >= 0.3 is 6.18 Å². The van der Waals surface area contributed by atoms with E-state index in [2.05, 4.69) is 5.32 Å². The van der Waals surface area contributed by atoms with E-state index in [0.717, 1.165) is 28.2 Å². The van der Waals surface area contributed by atoms with E-state index in [9.17, 15) is 22.8 Å². The highest BCUT2D eigenvalue weighted by Gasteiger charge is 2.41. The summed E-state index contributed by atoms with van der Waals surface area (Å²) in [7, 11) is 0. The molecule has 1 atom stereocenters. The number of benzene rings is 2. The topological polar surface area (TPSA) is 78.7 Å². The lowest BCUT2D eigenvalue weighted by Crippen LogP contribution is -2.39. The molecule has 2 heterocycles. The fourth-order valence-electron chi connectivity index (χ4n) is 4.63. The first-order valence-electron chi connectivity index (χ1n) is 11.5. The maximum Gasteiger partial charge on any atom is 0.391 e. The number of anilines is 3. The van der Waals surface area contributed by atoms with Crippen LogP contribution in [0.3, 0.4) is 0 Å². The lowest BCUT2D eigenvalue weighted by atomic mass is 9.96. The molecule has 2 aliphatic heterocycles. The van der Waals surface area contributed by atoms with Gasteiger partial charge in [0, 0.05) is 49.7 Å². The van der Waals surface area contributed by atoms with Gasteiger partial charge in [0.1, 0.15) is 0 Å². The fourth-order valence-corrected chi connectivity index (χ4v) is 4.63. The Hall–Kier alpha value is -3.23. The molecule has 0 saturated carbocycles. The number of rotatable bonds is 6. The number of piperidine rings is 1. The molecule has 2 saturated heterocycles. The Kier molecular flexibility index (Phi) is 6.72. The molecular formula is C25H29F3N4O2. The van der Waals surface area contributed by atoms with Crippen molar-refractivity contribution in [1.82, 2.24) is 4.90 Å². The maximum absolute atomic E-state index is 12.9. The highest BCUT2D eigenvalue weighted by molar-refractivity contribution is 5.88. The van der Waals surface area contributed by atoms with Crippen molar-refractivity contribution in [2.45, 2.75) is 38.9 Å². The molecule has 0 bridgehead atoms. The molecule has 2 fully saturated rings. The third-order valence-electron chi connectivity index (χ3n) is 6.76. The normalized spacial score (nSPS) is 19.5. The molecule has 6 nitrogen and oxygen atoms in total. The number of likely N-dealkylation sites (tertiary alicyclic amines) is 1. The standard InChI is InChI=1S/C25H29F3N4O2/c1-16-12-21(31-10-8-19(9-11-31)25(26,27)28)6-7-22(16)30-20-4-2-17(3-5-20)14-32-15-18(24(29)34)13-23(32)33/h2-7,12,18-19,30H,8-11,13-15H2,1H3,(H2,29,34). The van der Waals surface area contributed by atoms with Crippen LogP contribution in [0.15, 0.2) is 42.5 Å². The van der Waals surface area contributed by atoms with Gasteiger partial charge in [-0.25, -0.2) is 0 Å². The van der Waals surface area contributed by atoms with E-state index in [1.54, 1.807) is 4.90 Å². The van der Waals surface area contributed by atoms with Crippen molar-refractivity contribution in [3.63, 3.8) is 0 Å². The van der Waals surface area contributed by atoms with Gasteiger partial charge in [-0.3, -0.25) is 9.59 Å². The quantitative estimate of drug-likeness (QED) is 0.653. The van der Waals surface area contributed by atoms with E-state index in [-0.39, 0.29) is 25.2 Å². The molecule has 4 rings (SSSR count). The summed E-state index contributed by atoms with van der Waals surface area (Å²) in [5, 5.41) is 3.37. The van der Waals surface area contributed by atoms with Crippen molar-refractivity contribution >= 4 is 28.9 Å². The summed E-state index contributed by atoms with van der Waals surface area (Å²) in [5.74, 6) is -2.13. The molecule has 1 unspecified atom stereocenters. The number of aryl methyl sites for hydroxylation is 1. The number of halogens is 3. The van der Waals surface area contributed by atoms with Gasteiger partial charge in [-0.1, -0.05) is 12.1 Å². The van der Waals surface area contributed by atoms with E-state index in [1.807, 2.05) is 54.3 Å². The Labute approximate surface area is 196 Å². The van der Waals surface area contributed by atoms with Crippen LogP contribution in [0.5, 0.6) is 0 Å². The smallest absolute Gasteiger partial charge is 0.371 e. The molecule has 0 aromatic heterocycles. The lowest BCUT2D eigenvalue weighted by molar-refractivity contribution is -0.179. The predicted octanol–water partition coefficient (Wildman–Crippen LogP) is 4.35. The molecule has 2 aliphatic rings. The number of alkyl halides is 3. The molecule has 2 aromatic carbocycles. The molecule has 2 aromatic rings. The molecule has 0 radical (unpaired) electrons. The minimum Gasteiger partial charge on any atom is -0.371 e. The highest BCUT2D eigenvalue weighted by atomic mass is 19.4. The van der Waals surface area contributed by atoms with Gasteiger partial charge < -0.3 is 20.9 Å². The van der Waals surface area contributed by atoms with Crippen LogP contribution >= 0.6 is 0 Å². The first-order chi connectivity index (χ1) is 16.1. The summed E-state index contributed by atoms with van der Waals surface area (Å²) in [6.45, 7) is 3.56. The van der Waals surface area contributed by atoms with Crippen LogP contribution in [0.1, 0.15) is 30.4 Å². The number of carbonyl (C=O) groups excluding carboxylic acids is 2. The Balaban J connectivity index is 1.34. The third-order valence-corrected chi connectivity index (χ3v) is 6.76. The average Bonchev–Trinajstić information content (AvgIpc) is 3.16. The zero-order chi connectivity index (χ0) is 24.5. The van der Waals surface area contributed by atoms with Crippen molar-refractivity contribution in [3.8, 4) is 0 Å². The van der Waals surface area contributed by atoms with Gasteiger partial charge in [0.05, 0.1) is 11.8 Å². The van der Waals surface area contributed by atoms with Crippen molar-refractivity contribution in [1.29, 1.82) is 0 Å². The fraction of sp³-hybridized carbons (Fsp3) is 0.440. The van der Waals surface area contributed by atoms with Gasteiger partial charge in [0.25, 0.3) is 0 Å². The first kappa shape index (κ1) is 23.9. The van der Waals surface area contributed by atoms with Gasteiger partial charge in [0.15, 0.2) is 0 Å². The predicted molar refractivity (Wildman–Crippen MR) is 125 cm³/mol. The Morgan fingerprint density at radius 1 is 1.12 bits per heavy atom. The summed E-state index contributed by atoms with van der Waals surface area (Å²) >= 11 is 0. The molecule has 182 valence electrons. The minimum atomic E-state index is -4.11. The second kappa shape index (κ2) is 9.56.